The average molecular weight is 171 g/mol. The standard InChI is InChI=1S/C9H17NO2/c1-3-4-7-10-8(2)5-6-9(11)12/h5-6,8,10H,3-4,7H2,1-2H3,(H,11,12)/b6-5+. The van der Waals surface area contributed by atoms with E-state index < -0.39 is 5.97 Å². The SMILES string of the molecule is CCCCNC(C)/C=C/C(=O)O. The molecule has 0 radical (unpaired) electrons. The molecule has 0 aliphatic rings. The number of aliphatic carboxylic acids is 1. The molecule has 0 saturated carbocycles. The van der Waals surface area contributed by atoms with Crippen LogP contribution in [0.15, 0.2) is 12.2 Å². The van der Waals surface area contributed by atoms with E-state index in [1.807, 2.05) is 6.92 Å². The first kappa shape index (κ1) is 11.2. The Morgan fingerprint density at radius 1 is 1.67 bits per heavy atom. The fourth-order valence-electron chi connectivity index (χ4n) is 0.801. The van der Waals surface area contributed by atoms with Gasteiger partial charge in [0.2, 0.25) is 0 Å². The summed E-state index contributed by atoms with van der Waals surface area (Å²) in [6.07, 6.45) is 5.11. The molecule has 3 heteroatoms. The molecule has 0 aliphatic heterocycles. The van der Waals surface area contributed by atoms with Crippen LogP contribution in [0.2, 0.25) is 0 Å². The summed E-state index contributed by atoms with van der Waals surface area (Å²) >= 11 is 0. The lowest BCUT2D eigenvalue weighted by Gasteiger charge is -2.07. The molecule has 0 aromatic carbocycles. The van der Waals surface area contributed by atoms with E-state index in [9.17, 15) is 4.79 Å². The highest BCUT2D eigenvalue weighted by molar-refractivity contribution is 5.79. The topological polar surface area (TPSA) is 49.3 Å². The normalized spacial score (nSPS) is 13.5. The van der Waals surface area contributed by atoms with E-state index in [0.717, 1.165) is 19.4 Å². The van der Waals surface area contributed by atoms with Crippen LogP contribution in [0, 0.1) is 0 Å². The van der Waals surface area contributed by atoms with Gasteiger partial charge in [-0.1, -0.05) is 19.4 Å². The number of carboxylic acids is 1. The summed E-state index contributed by atoms with van der Waals surface area (Å²) in [6, 6.07) is 0.146. The van der Waals surface area contributed by atoms with Gasteiger partial charge in [0, 0.05) is 12.1 Å². The minimum Gasteiger partial charge on any atom is -0.478 e. The van der Waals surface area contributed by atoms with Gasteiger partial charge in [0.15, 0.2) is 0 Å². The van der Waals surface area contributed by atoms with Crippen LogP contribution in [-0.4, -0.2) is 23.7 Å². The molecule has 0 rings (SSSR count). The number of hydrogen-bond acceptors (Lipinski definition) is 2. The molecule has 1 unspecified atom stereocenters. The van der Waals surface area contributed by atoms with E-state index in [2.05, 4.69) is 12.2 Å². The monoisotopic (exact) mass is 171 g/mol. The predicted molar refractivity (Wildman–Crippen MR) is 49.1 cm³/mol. The van der Waals surface area contributed by atoms with Crippen LogP contribution in [0.25, 0.3) is 0 Å². The Morgan fingerprint density at radius 3 is 2.83 bits per heavy atom. The highest BCUT2D eigenvalue weighted by atomic mass is 16.4. The Balaban J connectivity index is 3.45. The lowest BCUT2D eigenvalue weighted by Crippen LogP contribution is -2.25. The van der Waals surface area contributed by atoms with Gasteiger partial charge in [-0.25, -0.2) is 4.79 Å². The van der Waals surface area contributed by atoms with Crippen molar-refractivity contribution in [3.05, 3.63) is 12.2 Å². The van der Waals surface area contributed by atoms with Gasteiger partial charge in [-0.15, -0.1) is 0 Å². The molecule has 0 amide bonds. The molecular weight excluding hydrogens is 154 g/mol. The van der Waals surface area contributed by atoms with Gasteiger partial charge in [0.1, 0.15) is 0 Å². The summed E-state index contributed by atoms with van der Waals surface area (Å²) in [6.45, 7) is 5.01. The van der Waals surface area contributed by atoms with Gasteiger partial charge in [-0.2, -0.15) is 0 Å². The average Bonchev–Trinajstić information content (AvgIpc) is 2.01. The number of hydrogen-bond donors (Lipinski definition) is 2. The minimum atomic E-state index is -0.890. The molecule has 12 heavy (non-hydrogen) atoms. The fraction of sp³-hybridized carbons (Fsp3) is 0.667. The predicted octanol–water partition coefficient (Wildman–Crippen LogP) is 1.41. The van der Waals surface area contributed by atoms with Crippen molar-refractivity contribution in [1.82, 2.24) is 5.32 Å². The van der Waals surface area contributed by atoms with Crippen molar-refractivity contribution in [2.45, 2.75) is 32.7 Å². The molecule has 0 aromatic heterocycles. The first-order valence-corrected chi connectivity index (χ1v) is 4.31. The highest BCUT2D eigenvalue weighted by Crippen LogP contribution is 1.88. The molecule has 0 fully saturated rings. The largest absolute Gasteiger partial charge is 0.478 e. The van der Waals surface area contributed by atoms with E-state index in [4.69, 9.17) is 5.11 Å². The van der Waals surface area contributed by atoms with Gasteiger partial charge in [-0.3, -0.25) is 0 Å². The van der Waals surface area contributed by atoms with Crippen LogP contribution in [0.1, 0.15) is 26.7 Å². The van der Waals surface area contributed by atoms with E-state index in [-0.39, 0.29) is 6.04 Å². The first-order valence-electron chi connectivity index (χ1n) is 4.31. The number of nitrogens with one attached hydrogen (secondary N) is 1. The second kappa shape index (κ2) is 6.85. The van der Waals surface area contributed by atoms with Crippen molar-refractivity contribution in [1.29, 1.82) is 0 Å². The molecule has 0 spiro atoms. The molecule has 0 heterocycles. The van der Waals surface area contributed by atoms with Crippen molar-refractivity contribution < 1.29 is 9.90 Å². The van der Waals surface area contributed by atoms with E-state index in [1.54, 1.807) is 6.08 Å². The maximum atomic E-state index is 10.1. The quantitative estimate of drug-likeness (QED) is 0.469. The second-order valence-corrected chi connectivity index (χ2v) is 2.79. The van der Waals surface area contributed by atoms with Crippen LogP contribution in [-0.2, 0) is 4.79 Å². The molecule has 1 atom stereocenters. The zero-order valence-electron chi connectivity index (χ0n) is 7.71. The summed E-state index contributed by atoms with van der Waals surface area (Å²) in [7, 11) is 0. The van der Waals surface area contributed by atoms with Crippen molar-refractivity contribution in [2.75, 3.05) is 6.54 Å². The van der Waals surface area contributed by atoms with Crippen LogP contribution in [0.3, 0.4) is 0 Å². The molecule has 70 valence electrons. The third-order valence-corrected chi connectivity index (χ3v) is 1.52. The van der Waals surface area contributed by atoms with Crippen molar-refractivity contribution in [2.24, 2.45) is 0 Å². The lowest BCUT2D eigenvalue weighted by atomic mass is 10.2. The smallest absolute Gasteiger partial charge is 0.328 e. The van der Waals surface area contributed by atoms with E-state index in [1.165, 1.54) is 6.08 Å². The van der Waals surface area contributed by atoms with Crippen LogP contribution in [0.4, 0.5) is 0 Å². The van der Waals surface area contributed by atoms with Gasteiger partial charge in [-0.05, 0) is 19.9 Å². The van der Waals surface area contributed by atoms with E-state index >= 15 is 0 Å². The second-order valence-electron chi connectivity index (χ2n) is 2.79. The van der Waals surface area contributed by atoms with Gasteiger partial charge in [0.25, 0.3) is 0 Å². The Labute approximate surface area is 73.5 Å². The Bertz CT molecular complexity index is 155. The van der Waals surface area contributed by atoms with Crippen molar-refractivity contribution in [3.8, 4) is 0 Å². The Hall–Kier alpha value is -0.830. The summed E-state index contributed by atoms with van der Waals surface area (Å²) in [5, 5.41) is 11.5. The lowest BCUT2D eigenvalue weighted by molar-refractivity contribution is -0.131. The summed E-state index contributed by atoms with van der Waals surface area (Å²) in [4.78, 5) is 10.1. The zero-order valence-corrected chi connectivity index (χ0v) is 7.71. The van der Waals surface area contributed by atoms with Crippen molar-refractivity contribution in [3.63, 3.8) is 0 Å². The summed E-state index contributed by atoms with van der Waals surface area (Å²) in [5.74, 6) is -0.890. The maximum absolute atomic E-state index is 10.1. The van der Waals surface area contributed by atoms with Crippen LogP contribution in [0.5, 0.6) is 0 Å². The molecule has 3 nitrogen and oxygen atoms in total. The summed E-state index contributed by atoms with van der Waals surface area (Å²) in [5.41, 5.74) is 0. The third-order valence-electron chi connectivity index (χ3n) is 1.52. The number of carbonyl (C=O) groups is 1. The summed E-state index contributed by atoms with van der Waals surface area (Å²) < 4.78 is 0. The molecule has 0 aliphatic carbocycles. The van der Waals surface area contributed by atoms with E-state index in [0.29, 0.717) is 0 Å². The highest BCUT2D eigenvalue weighted by Gasteiger charge is 1.94. The number of rotatable bonds is 6. The molecular formula is C9H17NO2. The third kappa shape index (κ3) is 7.28. The first-order chi connectivity index (χ1) is 5.66. The Kier molecular flexibility index (Phi) is 6.38. The van der Waals surface area contributed by atoms with Gasteiger partial charge in [0.05, 0.1) is 0 Å². The fourth-order valence-corrected chi connectivity index (χ4v) is 0.801. The molecule has 2 N–H and O–H groups in total. The van der Waals surface area contributed by atoms with Crippen LogP contribution < -0.4 is 5.32 Å². The van der Waals surface area contributed by atoms with Gasteiger partial charge >= 0.3 is 5.97 Å². The molecule has 0 bridgehead atoms. The molecule has 0 aromatic rings. The van der Waals surface area contributed by atoms with Crippen LogP contribution >= 0.6 is 0 Å². The minimum absolute atomic E-state index is 0.146. The Morgan fingerprint density at radius 2 is 2.33 bits per heavy atom. The van der Waals surface area contributed by atoms with Crippen molar-refractivity contribution >= 4 is 5.97 Å². The van der Waals surface area contributed by atoms with Gasteiger partial charge < -0.3 is 10.4 Å². The maximum Gasteiger partial charge on any atom is 0.328 e. The number of unbranched alkanes of at least 4 members (excludes halogenated alkanes) is 1. The number of carboxylic acid groups (broad SMARTS) is 1. The molecule has 0 saturated heterocycles. The zero-order chi connectivity index (χ0) is 9.40.